The highest BCUT2D eigenvalue weighted by molar-refractivity contribution is 8.18. The number of imide groups is 1. The van der Waals surface area contributed by atoms with Crippen molar-refractivity contribution in [1.29, 1.82) is 0 Å². The molecule has 212 valence electrons. The molecule has 2 N–H and O–H groups in total. The van der Waals surface area contributed by atoms with E-state index in [1.165, 1.54) is 18.2 Å². The molecule has 0 saturated carbocycles. The number of nitrogens with one attached hydrogen (secondary N) is 1. The van der Waals surface area contributed by atoms with Gasteiger partial charge < -0.3 is 19.9 Å². The van der Waals surface area contributed by atoms with Gasteiger partial charge in [0.2, 0.25) is 5.91 Å². The van der Waals surface area contributed by atoms with Crippen molar-refractivity contribution in [2.75, 3.05) is 18.5 Å². The lowest BCUT2D eigenvalue weighted by Gasteiger charge is -2.15. The molecule has 3 aromatic rings. The third kappa shape index (κ3) is 7.27. The van der Waals surface area contributed by atoms with E-state index >= 15 is 0 Å². The van der Waals surface area contributed by atoms with Gasteiger partial charge in [-0.15, -0.1) is 0 Å². The van der Waals surface area contributed by atoms with Gasteiger partial charge in [-0.1, -0.05) is 29.8 Å². The van der Waals surface area contributed by atoms with E-state index < -0.39 is 29.6 Å². The van der Waals surface area contributed by atoms with Crippen molar-refractivity contribution in [3.63, 3.8) is 0 Å². The Bertz CT molecular complexity index is 1550. The number of aryl methyl sites for hydroxylation is 2. The molecule has 0 unspecified atom stereocenters. The summed E-state index contributed by atoms with van der Waals surface area (Å²) in [6.45, 7) is 5.69. The summed E-state index contributed by atoms with van der Waals surface area (Å²) in [5, 5.41) is 11.5. The molecule has 9 nitrogen and oxygen atoms in total. The summed E-state index contributed by atoms with van der Waals surface area (Å²) in [4.78, 5) is 50.3. The fraction of sp³-hybridized carbons (Fsp3) is 0.200. The number of benzene rings is 3. The number of aromatic carboxylic acids is 1. The van der Waals surface area contributed by atoms with Gasteiger partial charge in [-0.05, 0) is 97.3 Å². The van der Waals surface area contributed by atoms with Crippen molar-refractivity contribution in [2.24, 2.45) is 0 Å². The van der Waals surface area contributed by atoms with Gasteiger partial charge in [-0.2, -0.15) is 0 Å². The highest BCUT2D eigenvalue weighted by Crippen LogP contribution is 2.39. The van der Waals surface area contributed by atoms with Crippen LogP contribution < -0.4 is 14.8 Å². The SMILES string of the molecule is CCOc1cc(/C=C2/SC(=O)N(CC(=O)Nc3ccc(C)c(C)c3)C2=O)cc(Cl)c1OCc1ccc(C(=O)O)cc1. The number of carboxylic acid groups (broad SMARTS) is 1. The van der Waals surface area contributed by atoms with Crippen molar-refractivity contribution in [2.45, 2.75) is 27.4 Å². The number of halogens is 1. The molecule has 11 heteroatoms. The van der Waals surface area contributed by atoms with Gasteiger partial charge in [0.25, 0.3) is 11.1 Å². The van der Waals surface area contributed by atoms with Crippen molar-refractivity contribution < 1.29 is 33.8 Å². The molecule has 4 rings (SSSR count). The molecule has 0 radical (unpaired) electrons. The third-order valence-electron chi connectivity index (χ3n) is 6.18. The third-order valence-corrected chi connectivity index (χ3v) is 7.37. The molecular formula is C30H27ClN2O7S. The summed E-state index contributed by atoms with van der Waals surface area (Å²) in [7, 11) is 0. The number of nitrogens with zero attached hydrogens (tertiary/aromatic N) is 1. The monoisotopic (exact) mass is 594 g/mol. The Kier molecular flexibility index (Phi) is 9.36. The van der Waals surface area contributed by atoms with Crippen LogP contribution in [-0.2, 0) is 16.2 Å². The number of carboxylic acids is 1. The largest absolute Gasteiger partial charge is 0.490 e. The van der Waals surface area contributed by atoms with Crippen LogP contribution >= 0.6 is 23.4 Å². The standard InChI is InChI=1S/C30H27ClN2O7S/c1-4-39-24-13-20(12-23(31)27(24)40-16-19-6-8-21(9-7-19)29(36)37)14-25-28(35)33(30(38)41-25)15-26(34)32-22-10-5-17(2)18(3)11-22/h5-14H,4,15-16H2,1-3H3,(H,32,34)(H,36,37)/b25-14+. The zero-order valence-electron chi connectivity index (χ0n) is 22.5. The minimum Gasteiger partial charge on any atom is -0.490 e. The lowest BCUT2D eigenvalue weighted by molar-refractivity contribution is -0.127. The van der Waals surface area contributed by atoms with E-state index in [0.717, 1.165) is 33.4 Å². The Hall–Kier alpha value is -4.28. The Morgan fingerprint density at radius 1 is 1.02 bits per heavy atom. The molecule has 1 heterocycles. The minimum absolute atomic E-state index is 0.113. The number of rotatable bonds is 10. The van der Waals surface area contributed by atoms with E-state index in [1.807, 2.05) is 26.0 Å². The first-order chi connectivity index (χ1) is 19.5. The zero-order chi connectivity index (χ0) is 29.7. The molecule has 0 aromatic heterocycles. The summed E-state index contributed by atoms with van der Waals surface area (Å²) < 4.78 is 11.6. The number of anilines is 1. The smallest absolute Gasteiger partial charge is 0.335 e. The molecule has 1 aliphatic rings. The average molecular weight is 595 g/mol. The van der Waals surface area contributed by atoms with Gasteiger partial charge in [0, 0.05) is 5.69 Å². The highest BCUT2D eigenvalue weighted by Gasteiger charge is 2.36. The first-order valence-corrected chi connectivity index (χ1v) is 13.8. The lowest BCUT2D eigenvalue weighted by atomic mass is 10.1. The van der Waals surface area contributed by atoms with E-state index in [-0.39, 0.29) is 27.8 Å². The summed E-state index contributed by atoms with van der Waals surface area (Å²) >= 11 is 7.25. The molecule has 1 fully saturated rings. The Balaban J connectivity index is 1.47. The van der Waals surface area contributed by atoms with Crippen LogP contribution in [0.4, 0.5) is 10.5 Å². The summed E-state index contributed by atoms with van der Waals surface area (Å²) in [6, 6.07) is 14.9. The van der Waals surface area contributed by atoms with Crippen molar-refractivity contribution in [3.05, 3.63) is 92.3 Å². The van der Waals surface area contributed by atoms with Crippen LogP contribution in [-0.4, -0.2) is 46.2 Å². The van der Waals surface area contributed by atoms with Gasteiger partial charge in [-0.3, -0.25) is 19.3 Å². The van der Waals surface area contributed by atoms with Crippen molar-refractivity contribution in [3.8, 4) is 11.5 Å². The van der Waals surface area contributed by atoms with E-state index in [2.05, 4.69) is 5.32 Å². The van der Waals surface area contributed by atoms with E-state index in [0.29, 0.717) is 23.6 Å². The molecule has 1 aliphatic heterocycles. The number of thioether (sulfide) groups is 1. The first kappa shape index (κ1) is 29.7. The van der Waals surface area contributed by atoms with E-state index in [1.54, 1.807) is 37.3 Å². The van der Waals surface area contributed by atoms with Crippen molar-refractivity contribution in [1.82, 2.24) is 4.90 Å². The molecule has 0 aliphatic carbocycles. The van der Waals surface area contributed by atoms with Gasteiger partial charge in [0.1, 0.15) is 13.2 Å². The number of carbonyl (C=O) groups excluding carboxylic acids is 3. The number of hydrogen-bond donors (Lipinski definition) is 2. The van der Waals surface area contributed by atoms with E-state index in [4.69, 9.17) is 26.2 Å². The minimum atomic E-state index is -1.02. The predicted octanol–water partition coefficient (Wildman–Crippen LogP) is 6.31. The molecule has 0 spiro atoms. The molecule has 3 amide bonds. The Morgan fingerprint density at radius 2 is 1.76 bits per heavy atom. The van der Waals surface area contributed by atoms with Crippen LogP contribution in [0.2, 0.25) is 5.02 Å². The van der Waals surface area contributed by atoms with E-state index in [9.17, 15) is 19.2 Å². The van der Waals surface area contributed by atoms with Gasteiger partial charge in [-0.25, -0.2) is 4.79 Å². The van der Waals surface area contributed by atoms with Crippen LogP contribution in [0.1, 0.15) is 39.5 Å². The zero-order valence-corrected chi connectivity index (χ0v) is 24.1. The maximum atomic E-state index is 13.0. The number of carbonyl (C=O) groups is 4. The summed E-state index contributed by atoms with van der Waals surface area (Å²) in [6.07, 6.45) is 1.51. The van der Waals surface area contributed by atoms with Crippen LogP contribution in [0.5, 0.6) is 11.5 Å². The second-order valence-electron chi connectivity index (χ2n) is 9.17. The predicted molar refractivity (Wildman–Crippen MR) is 158 cm³/mol. The Morgan fingerprint density at radius 3 is 2.41 bits per heavy atom. The van der Waals surface area contributed by atoms with Crippen LogP contribution in [0, 0.1) is 13.8 Å². The van der Waals surface area contributed by atoms with Crippen LogP contribution in [0.25, 0.3) is 6.08 Å². The van der Waals surface area contributed by atoms with Crippen molar-refractivity contribution >= 4 is 58.1 Å². The highest BCUT2D eigenvalue weighted by atomic mass is 35.5. The molecule has 0 bridgehead atoms. The lowest BCUT2D eigenvalue weighted by Crippen LogP contribution is -2.36. The quantitative estimate of drug-likeness (QED) is 0.262. The first-order valence-electron chi connectivity index (χ1n) is 12.6. The number of hydrogen-bond acceptors (Lipinski definition) is 7. The molecule has 1 saturated heterocycles. The van der Waals surface area contributed by atoms with Crippen LogP contribution in [0.3, 0.4) is 0 Å². The molecule has 3 aromatic carbocycles. The normalized spacial score (nSPS) is 14.0. The summed E-state index contributed by atoms with van der Waals surface area (Å²) in [5.74, 6) is -1.48. The van der Waals surface area contributed by atoms with Gasteiger partial charge >= 0.3 is 5.97 Å². The maximum Gasteiger partial charge on any atom is 0.335 e. The second-order valence-corrected chi connectivity index (χ2v) is 10.6. The van der Waals surface area contributed by atoms with Gasteiger partial charge in [0.15, 0.2) is 11.5 Å². The average Bonchev–Trinajstić information content (AvgIpc) is 3.17. The molecule has 0 atom stereocenters. The molecular weight excluding hydrogens is 568 g/mol. The topological polar surface area (TPSA) is 122 Å². The number of ether oxygens (including phenoxy) is 2. The fourth-order valence-electron chi connectivity index (χ4n) is 3.92. The van der Waals surface area contributed by atoms with Crippen LogP contribution in [0.15, 0.2) is 59.5 Å². The number of amides is 3. The molecule has 41 heavy (non-hydrogen) atoms. The summed E-state index contributed by atoms with van der Waals surface area (Å²) in [5.41, 5.74) is 4.07. The fourth-order valence-corrected chi connectivity index (χ4v) is 5.04. The van der Waals surface area contributed by atoms with Gasteiger partial charge in [0.05, 0.1) is 22.1 Å². The maximum absolute atomic E-state index is 13.0. The Labute approximate surface area is 246 Å². The second kappa shape index (κ2) is 12.9.